The average Bonchev–Trinajstić information content (AvgIpc) is 2.58. The minimum absolute atomic E-state index is 0.213. The molecule has 0 spiro atoms. The summed E-state index contributed by atoms with van der Waals surface area (Å²) >= 11 is 0. The van der Waals surface area contributed by atoms with Gasteiger partial charge in [-0.1, -0.05) is 54.3 Å². The number of esters is 1. The Morgan fingerprint density at radius 1 is 1.21 bits per heavy atom. The van der Waals surface area contributed by atoms with Gasteiger partial charge in [-0.15, -0.1) is 0 Å². The van der Waals surface area contributed by atoms with Gasteiger partial charge < -0.3 is 10.5 Å². The second-order valence-corrected chi connectivity index (χ2v) is 6.20. The summed E-state index contributed by atoms with van der Waals surface area (Å²) < 4.78 is 5.35. The maximum Gasteiger partial charge on any atom is 0.327 e. The van der Waals surface area contributed by atoms with Crippen molar-refractivity contribution in [3.63, 3.8) is 0 Å². The van der Waals surface area contributed by atoms with Crippen molar-refractivity contribution in [2.24, 2.45) is 11.7 Å². The van der Waals surface area contributed by atoms with Gasteiger partial charge in [-0.2, -0.15) is 0 Å². The van der Waals surface area contributed by atoms with Gasteiger partial charge in [0.25, 0.3) is 0 Å². The predicted octanol–water partition coefficient (Wildman–Crippen LogP) is 3.44. The van der Waals surface area contributed by atoms with Gasteiger partial charge >= 0.3 is 5.97 Å². The van der Waals surface area contributed by atoms with Crippen LogP contribution in [0.5, 0.6) is 0 Å². The van der Waals surface area contributed by atoms with Crippen molar-refractivity contribution in [1.29, 1.82) is 0 Å². The van der Waals surface area contributed by atoms with Crippen LogP contribution in [0.15, 0.2) is 54.6 Å². The van der Waals surface area contributed by atoms with E-state index in [-0.39, 0.29) is 12.5 Å². The number of carbonyl (C=O) groups excluding carboxylic acids is 1. The summed E-state index contributed by atoms with van der Waals surface area (Å²) in [6.45, 7) is 5.73. The Morgan fingerprint density at radius 2 is 1.92 bits per heavy atom. The summed E-state index contributed by atoms with van der Waals surface area (Å²) in [4.78, 5) is 12.3. The van der Waals surface area contributed by atoms with E-state index in [2.05, 4.69) is 11.8 Å². The molecule has 0 bridgehead atoms. The molecule has 2 aromatic carbocycles. The van der Waals surface area contributed by atoms with E-state index in [1.165, 1.54) is 0 Å². The molecule has 0 aliphatic rings. The first-order chi connectivity index (χ1) is 11.4. The van der Waals surface area contributed by atoms with E-state index in [0.717, 1.165) is 16.7 Å². The van der Waals surface area contributed by atoms with Crippen LogP contribution in [0.2, 0.25) is 0 Å². The van der Waals surface area contributed by atoms with E-state index in [0.29, 0.717) is 0 Å². The molecule has 2 atom stereocenters. The molecule has 2 aromatic rings. The van der Waals surface area contributed by atoms with Crippen molar-refractivity contribution in [1.82, 2.24) is 0 Å². The zero-order valence-corrected chi connectivity index (χ0v) is 14.4. The third-order valence-corrected chi connectivity index (χ3v) is 4.00. The fourth-order valence-corrected chi connectivity index (χ4v) is 2.12. The highest BCUT2D eigenvalue weighted by molar-refractivity contribution is 5.81. The summed E-state index contributed by atoms with van der Waals surface area (Å²) in [6.07, 6.45) is 0. The fraction of sp³-hybridized carbons (Fsp3) is 0.286. The van der Waals surface area contributed by atoms with Crippen molar-refractivity contribution >= 4 is 5.97 Å². The minimum atomic E-state index is -1.16. The van der Waals surface area contributed by atoms with Gasteiger partial charge in [0.2, 0.25) is 0 Å². The second-order valence-electron chi connectivity index (χ2n) is 6.20. The number of nitrogens with two attached hydrogens (primary N) is 1. The predicted molar refractivity (Wildman–Crippen MR) is 96.1 cm³/mol. The Kier molecular flexibility index (Phi) is 5.78. The molecule has 3 nitrogen and oxygen atoms in total. The van der Waals surface area contributed by atoms with Gasteiger partial charge in [-0.3, -0.25) is 4.79 Å². The first-order valence-corrected chi connectivity index (χ1v) is 7.98. The van der Waals surface area contributed by atoms with E-state index in [4.69, 9.17) is 10.5 Å². The number of carbonyl (C=O) groups is 1. The molecule has 0 saturated heterocycles. The van der Waals surface area contributed by atoms with Crippen LogP contribution in [0.3, 0.4) is 0 Å². The molecular formula is C21H23NO2. The smallest absolute Gasteiger partial charge is 0.327 e. The van der Waals surface area contributed by atoms with Crippen LogP contribution >= 0.6 is 0 Å². The van der Waals surface area contributed by atoms with E-state index in [9.17, 15) is 4.79 Å². The quantitative estimate of drug-likeness (QED) is 0.693. The number of hydrogen-bond donors (Lipinski definition) is 1. The SMILES string of the molecule is Cc1cccc(C#C[C@@H](C)[C@](C)(N)C(=O)OCc2ccccc2)c1. The number of benzene rings is 2. The molecule has 124 valence electrons. The van der Waals surface area contributed by atoms with Crippen LogP contribution in [0.25, 0.3) is 0 Å². The molecular weight excluding hydrogens is 298 g/mol. The Bertz CT molecular complexity index is 754. The maximum absolute atomic E-state index is 12.3. The van der Waals surface area contributed by atoms with Gasteiger partial charge in [0.15, 0.2) is 0 Å². The number of hydrogen-bond acceptors (Lipinski definition) is 3. The topological polar surface area (TPSA) is 52.3 Å². The molecule has 0 heterocycles. The normalized spacial score (nSPS) is 14.0. The van der Waals surface area contributed by atoms with Gasteiger partial charge in [-0.05, 0) is 44.0 Å². The van der Waals surface area contributed by atoms with Gasteiger partial charge in [0.1, 0.15) is 12.1 Å². The lowest BCUT2D eigenvalue weighted by Gasteiger charge is -2.25. The molecule has 0 amide bonds. The molecule has 3 heteroatoms. The van der Waals surface area contributed by atoms with Crippen LogP contribution in [0, 0.1) is 24.7 Å². The molecule has 0 fully saturated rings. The first-order valence-electron chi connectivity index (χ1n) is 7.98. The Morgan fingerprint density at radius 3 is 2.58 bits per heavy atom. The Hall–Kier alpha value is -2.57. The van der Waals surface area contributed by atoms with Crippen molar-refractivity contribution in [3.8, 4) is 11.8 Å². The molecule has 24 heavy (non-hydrogen) atoms. The van der Waals surface area contributed by atoms with Gasteiger partial charge in [-0.25, -0.2) is 0 Å². The largest absolute Gasteiger partial charge is 0.459 e. The van der Waals surface area contributed by atoms with Gasteiger partial charge in [0, 0.05) is 11.5 Å². The Balaban J connectivity index is 2.01. The highest BCUT2D eigenvalue weighted by Crippen LogP contribution is 2.16. The standard InChI is InChI=1S/C21H23NO2/c1-16-8-7-11-18(14-16)13-12-17(2)21(3,22)20(23)24-15-19-9-5-4-6-10-19/h4-11,14,17H,15,22H2,1-3H3/t17-,21+/m1/s1. The monoisotopic (exact) mass is 321 g/mol. The van der Waals surface area contributed by atoms with Crippen LogP contribution in [-0.2, 0) is 16.1 Å². The number of ether oxygens (including phenoxy) is 1. The summed E-state index contributed by atoms with van der Waals surface area (Å²) in [5.41, 5.74) is 8.01. The van der Waals surface area contributed by atoms with E-state index < -0.39 is 11.5 Å². The second kappa shape index (κ2) is 7.81. The third kappa shape index (κ3) is 4.71. The molecule has 0 unspecified atom stereocenters. The van der Waals surface area contributed by atoms with Crippen molar-refractivity contribution in [3.05, 3.63) is 71.3 Å². The van der Waals surface area contributed by atoms with Crippen LogP contribution in [0.4, 0.5) is 0 Å². The number of rotatable bonds is 4. The van der Waals surface area contributed by atoms with Gasteiger partial charge in [0.05, 0.1) is 0 Å². The van der Waals surface area contributed by atoms with Crippen LogP contribution in [-0.4, -0.2) is 11.5 Å². The summed E-state index contributed by atoms with van der Waals surface area (Å²) in [7, 11) is 0. The first kappa shape index (κ1) is 17.8. The van der Waals surface area contributed by atoms with Crippen LogP contribution in [0.1, 0.15) is 30.5 Å². The molecule has 2 N–H and O–H groups in total. The van der Waals surface area contributed by atoms with E-state index >= 15 is 0 Å². The average molecular weight is 321 g/mol. The summed E-state index contributed by atoms with van der Waals surface area (Å²) in [5.74, 6) is 5.37. The maximum atomic E-state index is 12.3. The van der Waals surface area contributed by atoms with E-state index in [1.54, 1.807) is 6.92 Å². The molecule has 0 radical (unpaired) electrons. The third-order valence-electron chi connectivity index (χ3n) is 4.00. The van der Waals surface area contributed by atoms with Crippen molar-refractivity contribution in [2.45, 2.75) is 32.9 Å². The lowest BCUT2D eigenvalue weighted by molar-refractivity contribution is -0.152. The number of aryl methyl sites for hydroxylation is 1. The minimum Gasteiger partial charge on any atom is -0.459 e. The van der Waals surface area contributed by atoms with Crippen LogP contribution < -0.4 is 5.73 Å². The molecule has 0 aliphatic heterocycles. The van der Waals surface area contributed by atoms with E-state index in [1.807, 2.05) is 68.4 Å². The lowest BCUT2D eigenvalue weighted by Crippen LogP contribution is -2.51. The highest BCUT2D eigenvalue weighted by atomic mass is 16.5. The zero-order chi connectivity index (χ0) is 17.6. The lowest BCUT2D eigenvalue weighted by atomic mass is 9.88. The molecule has 0 aromatic heterocycles. The summed E-state index contributed by atoms with van der Waals surface area (Å²) in [6, 6.07) is 17.4. The zero-order valence-electron chi connectivity index (χ0n) is 14.4. The summed E-state index contributed by atoms with van der Waals surface area (Å²) in [5, 5.41) is 0. The molecule has 0 saturated carbocycles. The van der Waals surface area contributed by atoms with Crippen molar-refractivity contribution in [2.75, 3.05) is 0 Å². The fourth-order valence-electron chi connectivity index (χ4n) is 2.12. The highest BCUT2D eigenvalue weighted by Gasteiger charge is 2.35. The Labute approximate surface area is 143 Å². The molecule has 2 rings (SSSR count). The van der Waals surface area contributed by atoms with Crippen molar-refractivity contribution < 1.29 is 9.53 Å². The molecule has 0 aliphatic carbocycles.